The molecule has 0 aliphatic rings. The Hall–Kier alpha value is 0.426. The van der Waals surface area contributed by atoms with Crippen molar-refractivity contribution < 1.29 is 21.9 Å². The zero-order valence-electron chi connectivity index (χ0n) is 4.28. The van der Waals surface area contributed by atoms with Gasteiger partial charge in [0.1, 0.15) is 0 Å². The summed E-state index contributed by atoms with van der Waals surface area (Å²) in [5.74, 6) is 0. The second-order valence-electron chi connectivity index (χ2n) is 0.500. The smallest absolute Gasteiger partial charge is 0.0319 e. The van der Waals surface area contributed by atoms with Crippen molar-refractivity contribution in [2.75, 3.05) is 21.2 Å². The summed E-state index contributed by atoms with van der Waals surface area (Å²) in [7, 11) is 4.75. The molecule has 0 bridgehead atoms. The van der Waals surface area contributed by atoms with Gasteiger partial charge in [0.15, 0.2) is 0 Å². The minimum Gasteiger partial charge on any atom is -0.400 e. The molecule has 0 unspecified atom stereocenters. The fraction of sp³-hybridized carbons (Fsp3) is 1.00. The molecule has 0 aliphatic carbocycles. The molecule has 43 valence electrons. The molecule has 0 aromatic carbocycles. The van der Waals surface area contributed by atoms with Crippen LogP contribution in [0.25, 0.3) is 0 Å². The van der Waals surface area contributed by atoms with Gasteiger partial charge in [-0.05, 0) is 14.1 Å². The van der Waals surface area contributed by atoms with Crippen molar-refractivity contribution in [1.29, 1.82) is 0 Å². The van der Waals surface area contributed by atoms with Gasteiger partial charge < -0.3 is 10.4 Å². The molecular formula is C3H11CoNO. The number of aliphatic hydroxyl groups is 1. The maximum absolute atomic E-state index is 7.00. The predicted molar refractivity (Wildman–Crippen MR) is 23.1 cm³/mol. The molecule has 0 fully saturated rings. The molecule has 0 aromatic rings. The van der Waals surface area contributed by atoms with E-state index in [2.05, 4.69) is 5.32 Å². The quantitative estimate of drug-likeness (QED) is 0.468. The summed E-state index contributed by atoms with van der Waals surface area (Å²) in [4.78, 5) is 0. The van der Waals surface area contributed by atoms with E-state index in [9.17, 15) is 0 Å². The van der Waals surface area contributed by atoms with Crippen LogP contribution in [0.2, 0.25) is 0 Å². The Balaban J connectivity index is -0.0000000275. The van der Waals surface area contributed by atoms with Gasteiger partial charge in [0.05, 0.1) is 0 Å². The third-order valence-electron chi connectivity index (χ3n) is 0. The predicted octanol–water partition coefficient (Wildman–Crippen LogP) is -0.558. The molecule has 2 N–H and O–H groups in total. The Kier molecular flexibility index (Phi) is 140. The first-order valence-corrected chi connectivity index (χ1v) is 1.45. The molecule has 0 aliphatic heterocycles. The Labute approximate surface area is 49.1 Å². The standard InChI is InChI=1S/C2H7N.CH4O.Co/c1-3-2;1-2;/h3H,1-2H3;2H,1H3;. The van der Waals surface area contributed by atoms with E-state index in [-0.39, 0.29) is 16.8 Å². The second kappa shape index (κ2) is 52.3. The van der Waals surface area contributed by atoms with Crippen LogP contribution >= 0.6 is 0 Å². The van der Waals surface area contributed by atoms with Gasteiger partial charge in [0.25, 0.3) is 0 Å². The molecule has 1 radical (unpaired) electrons. The number of rotatable bonds is 0. The van der Waals surface area contributed by atoms with Gasteiger partial charge >= 0.3 is 0 Å². The van der Waals surface area contributed by atoms with Crippen LogP contribution in [0.1, 0.15) is 0 Å². The third-order valence-corrected chi connectivity index (χ3v) is 0. The summed E-state index contributed by atoms with van der Waals surface area (Å²) < 4.78 is 0. The average Bonchev–Trinajstić information content (AvgIpc) is 1.46. The summed E-state index contributed by atoms with van der Waals surface area (Å²) in [5, 5.41) is 9.75. The SMILES string of the molecule is CNC.CO.[Co]. The van der Waals surface area contributed by atoms with Crippen LogP contribution < -0.4 is 5.32 Å². The van der Waals surface area contributed by atoms with Gasteiger partial charge in [0.2, 0.25) is 0 Å². The van der Waals surface area contributed by atoms with Gasteiger partial charge in [-0.1, -0.05) is 0 Å². The summed E-state index contributed by atoms with van der Waals surface area (Å²) in [5.41, 5.74) is 0. The fourth-order valence-electron chi connectivity index (χ4n) is 0. The average molecular weight is 136 g/mol. The van der Waals surface area contributed by atoms with Crippen molar-refractivity contribution in [3.8, 4) is 0 Å². The molecule has 0 aromatic heterocycles. The van der Waals surface area contributed by atoms with Crippen LogP contribution in [0, 0.1) is 0 Å². The van der Waals surface area contributed by atoms with Crippen LogP contribution in [-0.2, 0) is 16.8 Å². The Morgan fingerprint density at radius 2 is 1.17 bits per heavy atom. The van der Waals surface area contributed by atoms with E-state index in [0.717, 1.165) is 7.11 Å². The molecule has 6 heavy (non-hydrogen) atoms. The minimum atomic E-state index is 0. The van der Waals surface area contributed by atoms with E-state index in [1.165, 1.54) is 0 Å². The van der Waals surface area contributed by atoms with Crippen LogP contribution in [-0.4, -0.2) is 26.3 Å². The molecule has 2 nitrogen and oxygen atoms in total. The number of hydrogen-bond acceptors (Lipinski definition) is 2. The second-order valence-corrected chi connectivity index (χ2v) is 0.500. The molecular weight excluding hydrogens is 125 g/mol. The Morgan fingerprint density at radius 3 is 1.17 bits per heavy atom. The molecule has 0 saturated heterocycles. The normalized spacial score (nSPS) is 4.00. The molecule has 0 heterocycles. The molecule has 0 atom stereocenters. The van der Waals surface area contributed by atoms with Gasteiger partial charge in [-0.3, -0.25) is 0 Å². The third kappa shape index (κ3) is 286. The van der Waals surface area contributed by atoms with E-state index >= 15 is 0 Å². The fourth-order valence-corrected chi connectivity index (χ4v) is 0. The van der Waals surface area contributed by atoms with Crippen LogP contribution in [0.15, 0.2) is 0 Å². The molecule has 0 saturated carbocycles. The van der Waals surface area contributed by atoms with Crippen molar-refractivity contribution in [3.63, 3.8) is 0 Å². The van der Waals surface area contributed by atoms with Crippen molar-refractivity contribution in [2.24, 2.45) is 0 Å². The number of hydrogen-bond donors (Lipinski definition) is 2. The number of aliphatic hydroxyl groups excluding tert-OH is 1. The van der Waals surface area contributed by atoms with Crippen LogP contribution in [0.3, 0.4) is 0 Å². The van der Waals surface area contributed by atoms with Crippen molar-refractivity contribution in [1.82, 2.24) is 5.32 Å². The monoisotopic (exact) mass is 136 g/mol. The van der Waals surface area contributed by atoms with Crippen molar-refractivity contribution in [3.05, 3.63) is 0 Å². The molecule has 0 rings (SSSR count). The first-order valence-electron chi connectivity index (χ1n) is 1.45. The topological polar surface area (TPSA) is 32.3 Å². The zero-order valence-corrected chi connectivity index (χ0v) is 5.32. The van der Waals surface area contributed by atoms with Gasteiger partial charge in [0, 0.05) is 23.9 Å². The van der Waals surface area contributed by atoms with Crippen LogP contribution in [0.4, 0.5) is 0 Å². The summed E-state index contributed by atoms with van der Waals surface area (Å²) in [6.07, 6.45) is 0. The molecule has 0 spiro atoms. The van der Waals surface area contributed by atoms with E-state index in [1.807, 2.05) is 14.1 Å². The van der Waals surface area contributed by atoms with E-state index in [4.69, 9.17) is 5.11 Å². The largest absolute Gasteiger partial charge is 0.400 e. The van der Waals surface area contributed by atoms with Gasteiger partial charge in [-0.15, -0.1) is 0 Å². The zero-order chi connectivity index (χ0) is 4.71. The van der Waals surface area contributed by atoms with Gasteiger partial charge in [-0.2, -0.15) is 0 Å². The van der Waals surface area contributed by atoms with Crippen molar-refractivity contribution >= 4 is 0 Å². The summed E-state index contributed by atoms with van der Waals surface area (Å²) >= 11 is 0. The van der Waals surface area contributed by atoms with E-state index in [0.29, 0.717) is 0 Å². The summed E-state index contributed by atoms with van der Waals surface area (Å²) in [6.45, 7) is 0. The summed E-state index contributed by atoms with van der Waals surface area (Å²) in [6, 6.07) is 0. The first-order chi connectivity index (χ1) is 2.41. The Morgan fingerprint density at radius 1 is 1.17 bits per heavy atom. The number of nitrogens with one attached hydrogen (secondary N) is 1. The first kappa shape index (κ1) is 16.1. The molecule has 3 heteroatoms. The molecule has 0 amide bonds. The van der Waals surface area contributed by atoms with Crippen molar-refractivity contribution in [2.45, 2.75) is 0 Å². The Bertz CT molecular complexity index is 10.8. The minimum absolute atomic E-state index is 0. The van der Waals surface area contributed by atoms with E-state index < -0.39 is 0 Å². The van der Waals surface area contributed by atoms with Gasteiger partial charge in [-0.25, -0.2) is 0 Å². The maximum atomic E-state index is 7.00. The van der Waals surface area contributed by atoms with Crippen LogP contribution in [0.5, 0.6) is 0 Å². The maximum Gasteiger partial charge on any atom is 0.0319 e. The van der Waals surface area contributed by atoms with E-state index in [1.54, 1.807) is 0 Å².